The molecule has 0 aromatic heterocycles. The lowest BCUT2D eigenvalue weighted by Gasteiger charge is -2.36. The van der Waals surface area contributed by atoms with Gasteiger partial charge in [-0.3, -0.25) is 9.79 Å². The van der Waals surface area contributed by atoms with E-state index >= 15 is 0 Å². The van der Waals surface area contributed by atoms with Gasteiger partial charge in [-0.05, 0) is 43.5 Å². The smallest absolute Gasteiger partial charge is 0.273 e. The third-order valence-electron chi connectivity index (χ3n) is 5.22. The Kier molecular flexibility index (Phi) is 8.15. The summed E-state index contributed by atoms with van der Waals surface area (Å²) in [6, 6.07) is 12.2. The average Bonchev–Trinajstić information content (AvgIpc) is 3.23. The number of methoxy groups -OCH3 is 1. The van der Waals surface area contributed by atoms with Crippen LogP contribution in [0.15, 0.2) is 58.6 Å². The predicted molar refractivity (Wildman–Crippen MR) is 124 cm³/mol. The Morgan fingerprint density at radius 3 is 2.67 bits per heavy atom. The molecule has 3 rings (SSSR count). The SMILES string of the molecule is CO[C@@H](C)C(=O)N1N=C(c2cc(F)ccc2F)SC1(CCCN=C(N)CF)c1ccccc1. The minimum absolute atomic E-state index is 0.0413. The van der Waals surface area contributed by atoms with Crippen molar-refractivity contribution in [3.05, 3.63) is 71.3 Å². The largest absolute Gasteiger partial charge is 0.385 e. The molecule has 1 unspecified atom stereocenters. The number of amidine groups is 1. The van der Waals surface area contributed by atoms with Crippen LogP contribution < -0.4 is 5.73 Å². The van der Waals surface area contributed by atoms with Crippen LogP contribution in [0.1, 0.15) is 30.9 Å². The Morgan fingerprint density at radius 1 is 1.27 bits per heavy atom. The number of nitrogens with zero attached hydrogens (tertiary/aromatic N) is 3. The van der Waals surface area contributed by atoms with Gasteiger partial charge in [-0.2, -0.15) is 5.10 Å². The number of rotatable bonds is 9. The molecule has 6 nitrogen and oxygen atoms in total. The standard InChI is InChI=1S/C23H25F3N4O2S/c1-15(32-2)22(31)30-23(16-7-4-3-5-8-16,11-6-12-28-20(27)14-24)33-21(29-30)18-13-17(25)9-10-19(18)26/h3-5,7-10,13,15H,6,11-12,14H2,1-2H3,(H2,27,28)/t15-,23?/m0/s1. The molecule has 33 heavy (non-hydrogen) atoms. The summed E-state index contributed by atoms with van der Waals surface area (Å²) in [5, 5.41) is 5.89. The Morgan fingerprint density at radius 2 is 2.00 bits per heavy atom. The molecule has 0 radical (unpaired) electrons. The summed E-state index contributed by atoms with van der Waals surface area (Å²) in [5.41, 5.74) is 6.16. The zero-order valence-corrected chi connectivity index (χ0v) is 19.1. The van der Waals surface area contributed by atoms with Gasteiger partial charge in [0.2, 0.25) is 0 Å². The molecule has 0 saturated heterocycles. The summed E-state index contributed by atoms with van der Waals surface area (Å²) in [6.07, 6.45) is -0.0479. The first kappa shape index (κ1) is 24.8. The topological polar surface area (TPSA) is 80.3 Å². The van der Waals surface area contributed by atoms with E-state index in [1.165, 1.54) is 12.1 Å². The highest BCUT2D eigenvalue weighted by molar-refractivity contribution is 8.15. The second kappa shape index (κ2) is 10.8. The van der Waals surface area contributed by atoms with E-state index in [2.05, 4.69) is 10.1 Å². The minimum atomic E-state index is -1.07. The first-order chi connectivity index (χ1) is 15.8. The zero-order valence-electron chi connectivity index (χ0n) is 18.3. The van der Waals surface area contributed by atoms with Gasteiger partial charge >= 0.3 is 0 Å². The number of halogens is 3. The number of nitrogens with two attached hydrogens (primary N) is 1. The second-order valence-electron chi connectivity index (χ2n) is 7.42. The molecule has 0 aliphatic carbocycles. The highest BCUT2D eigenvalue weighted by Crippen LogP contribution is 2.51. The van der Waals surface area contributed by atoms with E-state index in [4.69, 9.17) is 10.5 Å². The molecule has 10 heteroatoms. The Bertz CT molecular complexity index is 1050. The number of hydrogen-bond acceptors (Lipinski definition) is 5. The molecule has 2 N–H and O–H groups in total. The molecule has 1 heterocycles. The summed E-state index contributed by atoms with van der Waals surface area (Å²) in [7, 11) is 1.40. The monoisotopic (exact) mass is 478 g/mol. The van der Waals surface area contributed by atoms with Crippen molar-refractivity contribution in [2.24, 2.45) is 15.8 Å². The molecule has 2 aromatic rings. The van der Waals surface area contributed by atoms with Crippen LogP contribution in [-0.4, -0.2) is 48.2 Å². The lowest BCUT2D eigenvalue weighted by molar-refractivity contribution is -0.144. The van der Waals surface area contributed by atoms with E-state index in [9.17, 15) is 18.0 Å². The van der Waals surface area contributed by atoms with E-state index in [0.717, 1.165) is 35.5 Å². The minimum Gasteiger partial charge on any atom is -0.385 e. The van der Waals surface area contributed by atoms with Gasteiger partial charge in [-0.15, -0.1) is 0 Å². The van der Waals surface area contributed by atoms with Crippen LogP contribution >= 0.6 is 11.8 Å². The van der Waals surface area contributed by atoms with Crippen LogP contribution in [0.3, 0.4) is 0 Å². The number of ether oxygens (including phenoxy) is 1. The van der Waals surface area contributed by atoms with Gasteiger partial charge in [0, 0.05) is 19.2 Å². The number of amides is 1. The maximum Gasteiger partial charge on any atom is 0.273 e. The van der Waals surface area contributed by atoms with Crippen LogP contribution in [0.25, 0.3) is 0 Å². The molecule has 2 aromatic carbocycles. The molecule has 0 fully saturated rings. The van der Waals surface area contributed by atoms with Crippen LogP contribution in [0.2, 0.25) is 0 Å². The van der Waals surface area contributed by atoms with E-state index in [-0.39, 0.29) is 23.0 Å². The summed E-state index contributed by atoms with van der Waals surface area (Å²) in [5.74, 6) is -1.82. The van der Waals surface area contributed by atoms with Crippen LogP contribution in [0.4, 0.5) is 13.2 Å². The molecule has 0 saturated carbocycles. The van der Waals surface area contributed by atoms with E-state index in [0.29, 0.717) is 12.8 Å². The van der Waals surface area contributed by atoms with Crippen molar-refractivity contribution in [3.63, 3.8) is 0 Å². The van der Waals surface area contributed by atoms with Crippen molar-refractivity contribution in [1.82, 2.24) is 5.01 Å². The number of alkyl halides is 1. The number of thioether (sulfide) groups is 1. The fourth-order valence-corrected chi connectivity index (χ4v) is 4.86. The van der Waals surface area contributed by atoms with Gasteiger partial charge in [0.1, 0.15) is 40.2 Å². The van der Waals surface area contributed by atoms with Crippen molar-refractivity contribution in [2.45, 2.75) is 30.7 Å². The van der Waals surface area contributed by atoms with Crippen molar-refractivity contribution in [3.8, 4) is 0 Å². The normalized spacial score (nSPS) is 19.5. The molecule has 0 spiro atoms. The van der Waals surface area contributed by atoms with Gasteiger partial charge < -0.3 is 10.5 Å². The number of hydrazone groups is 1. The lowest BCUT2D eigenvalue weighted by atomic mass is 9.99. The van der Waals surface area contributed by atoms with Gasteiger partial charge in [-0.1, -0.05) is 42.1 Å². The second-order valence-corrected chi connectivity index (χ2v) is 8.69. The molecule has 1 aliphatic rings. The highest BCUT2D eigenvalue weighted by Gasteiger charge is 2.49. The predicted octanol–water partition coefficient (Wildman–Crippen LogP) is 4.20. The summed E-state index contributed by atoms with van der Waals surface area (Å²) in [4.78, 5) is 16.2. The number of hydrogen-bond donors (Lipinski definition) is 1. The molecule has 0 bridgehead atoms. The Balaban J connectivity index is 2.08. The Hall–Kier alpha value is -2.85. The van der Waals surface area contributed by atoms with Crippen molar-refractivity contribution in [1.29, 1.82) is 0 Å². The number of carbonyl (C=O) groups is 1. The quantitative estimate of drug-likeness (QED) is 0.333. The first-order valence-corrected chi connectivity index (χ1v) is 11.1. The molecule has 1 amide bonds. The highest BCUT2D eigenvalue weighted by atomic mass is 32.2. The molecular weight excluding hydrogens is 453 g/mol. The van der Waals surface area contributed by atoms with Crippen LogP contribution in [0, 0.1) is 11.6 Å². The van der Waals surface area contributed by atoms with E-state index < -0.39 is 35.2 Å². The maximum atomic E-state index is 14.6. The third-order valence-corrected chi connectivity index (χ3v) is 6.66. The number of carbonyl (C=O) groups excluding carboxylic acids is 1. The fraction of sp³-hybridized carbons (Fsp3) is 0.348. The van der Waals surface area contributed by atoms with Crippen LogP contribution in [-0.2, 0) is 14.4 Å². The zero-order chi connectivity index (χ0) is 24.0. The number of benzene rings is 2. The summed E-state index contributed by atoms with van der Waals surface area (Å²) < 4.78 is 46.4. The molecule has 2 atom stereocenters. The first-order valence-electron chi connectivity index (χ1n) is 10.3. The van der Waals surface area contributed by atoms with Gasteiger partial charge in [0.25, 0.3) is 5.91 Å². The lowest BCUT2D eigenvalue weighted by Crippen LogP contribution is -2.45. The van der Waals surface area contributed by atoms with Crippen molar-refractivity contribution in [2.75, 3.05) is 20.3 Å². The molecule has 1 aliphatic heterocycles. The van der Waals surface area contributed by atoms with Gasteiger partial charge in [0.05, 0.1) is 0 Å². The van der Waals surface area contributed by atoms with Crippen LogP contribution in [0.5, 0.6) is 0 Å². The fourth-order valence-electron chi connectivity index (χ4n) is 3.43. The third kappa shape index (κ3) is 5.39. The van der Waals surface area contributed by atoms with Gasteiger partial charge in [-0.25, -0.2) is 18.2 Å². The van der Waals surface area contributed by atoms with Crippen molar-refractivity contribution >= 4 is 28.5 Å². The summed E-state index contributed by atoms with van der Waals surface area (Å²) >= 11 is 1.16. The van der Waals surface area contributed by atoms with E-state index in [1.54, 1.807) is 6.92 Å². The molecular formula is C23H25F3N4O2S. The summed E-state index contributed by atoms with van der Waals surface area (Å²) in [6.45, 7) is 0.975. The Labute approximate surface area is 194 Å². The van der Waals surface area contributed by atoms with Crippen molar-refractivity contribution < 1.29 is 22.7 Å². The molecule has 176 valence electrons. The average molecular weight is 479 g/mol. The van der Waals surface area contributed by atoms with Gasteiger partial charge in [0.15, 0.2) is 0 Å². The van der Waals surface area contributed by atoms with E-state index in [1.807, 2.05) is 30.3 Å². The maximum absolute atomic E-state index is 14.6. The number of aliphatic imine (C=N–C) groups is 1.